The van der Waals surface area contributed by atoms with Crippen LogP contribution in [0.3, 0.4) is 0 Å². The molecule has 0 fully saturated rings. The van der Waals surface area contributed by atoms with Crippen LogP contribution in [0.4, 0.5) is 0 Å². The van der Waals surface area contributed by atoms with Crippen LogP contribution in [0.15, 0.2) is 42.7 Å². The molecule has 4 heterocycles. The van der Waals surface area contributed by atoms with Crippen LogP contribution in [0, 0.1) is 0 Å². The van der Waals surface area contributed by atoms with E-state index in [0.717, 1.165) is 45.9 Å². The molecule has 3 aromatic heterocycles. The van der Waals surface area contributed by atoms with Crippen molar-refractivity contribution >= 4 is 5.91 Å². The van der Waals surface area contributed by atoms with Crippen molar-refractivity contribution in [3.63, 3.8) is 0 Å². The highest BCUT2D eigenvalue weighted by Crippen LogP contribution is 2.27. The summed E-state index contributed by atoms with van der Waals surface area (Å²) >= 11 is 0. The Bertz CT molecular complexity index is 925. The fourth-order valence-corrected chi connectivity index (χ4v) is 3.10. The third-order valence-electron chi connectivity index (χ3n) is 4.55. The van der Waals surface area contributed by atoms with Crippen LogP contribution in [0.5, 0.6) is 0 Å². The molecule has 1 amide bonds. The van der Waals surface area contributed by atoms with E-state index in [0.29, 0.717) is 12.5 Å². The van der Waals surface area contributed by atoms with Gasteiger partial charge in [-0.15, -0.1) is 0 Å². The highest BCUT2D eigenvalue weighted by Gasteiger charge is 2.20. The van der Waals surface area contributed by atoms with E-state index in [4.69, 9.17) is 0 Å². The maximum absolute atomic E-state index is 12.0. The zero-order valence-corrected chi connectivity index (χ0v) is 14.3. The summed E-state index contributed by atoms with van der Waals surface area (Å²) < 4.78 is 0. The van der Waals surface area contributed by atoms with E-state index in [1.165, 1.54) is 0 Å². The molecular weight excluding hydrogens is 312 g/mol. The molecule has 126 valence electrons. The van der Waals surface area contributed by atoms with E-state index < -0.39 is 0 Å². The van der Waals surface area contributed by atoms with E-state index >= 15 is 0 Å². The minimum Gasteiger partial charge on any atom is -0.358 e. The van der Waals surface area contributed by atoms with Crippen molar-refractivity contribution in [1.29, 1.82) is 0 Å². The summed E-state index contributed by atoms with van der Waals surface area (Å²) in [7, 11) is 0. The molecule has 0 bridgehead atoms. The number of pyridine rings is 2. The summed E-state index contributed by atoms with van der Waals surface area (Å²) in [6.07, 6.45) is 4.50. The van der Waals surface area contributed by atoms with E-state index in [1.807, 2.05) is 30.5 Å². The fourth-order valence-electron chi connectivity index (χ4n) is 3.10. The lowest BCUT2D eigenvalue weighted by molar-refractivity contribution is 0.0946. The molecular formula is C20H20N4O. The first-order valence-electron chi connectivity index (χ1n) is 8.54. The third-order valence-corrected chi connectivity index (χ3v) is 4.55. The standard InChI is InChI=1S/C20H20N4O/c1-12(2)16-4-3-14(11-23-16)18-9-13(5-7-21-18)19-10-15-17(24-19)6-8-22-20(15)25/h3-5,7,9-12,24H,6,8H2,1-2H3,(H,22,25). The number of rotatable bonds is 3. The number of aromatic nitrogens is 3. The van der Waals surface area contributed by atoms with Crippen molar-refractivity contribution in [3.8, 4) is 22.5 Å². The number of nitrogens with one attached hydrogen (secondary N) is 2. The SMILES string of the molecule is CC(C)c1ccc(-c2cc(-c3cc4c([nH]3)CCNC4=O)ccn2)cn1. The van der Waals surface area contributed by atoms with E-state index in [9.17, 15) is 4.79 Å². The molecule has 2 N–H and O–H groups in total. The van der Waals surface area contributed by atoms with Crippen LogP contribution in [0.1, 0.15) is 41.5 Å². The van der Waals surface area contributed by atoms with Gasteiger partial charge >= 0.3 is 0 Å². The normalized spacial score (nSPS) is 13.6. The summed E-state index contributed by atoms with van der Waals surface area (Å²) in [5.74, 6) is 0.399. The van der Waals surface area contributed by atoms with Gasteiger partial charge in [0, 0.05) is 53.6 Å². The minimum absolute atomic E-state index is 0.00787. The van der Waals surface area contributed by atoms with Crippen molar-refractivity contribution in [3.05, 3.63) is 59.7 Å². The first-order chi connectivity index (χ1) is 12.1. The Kier molecular flexibility index (Phi) is 3.84. The maximum Gasteiger partial charge on any atom is 0.253 e. The van der Waals surface area contributed by atoms with Gasteiger partial charge in [-0.2, -0.15) is 0 Å². The summed E-state index contributed by atoms with van der Waals surface area (Å²) in [5, 5.41) is 2.88. The molecule has 1 aliphatic heterocycles. The van der Waals surface area contributed by atoms with Crippen LogP contribution in [0.2, 0.25) is 0 Å². The molecule has 0 radical (unpaired) electrons. The number of H-pyrrole nitrogens is 1. The zero-order chi connectivity index (χ0) is 17.4. The van der Waals surface area contributed by atoms with Crippen molar-refractivity contribution < 1.29 is 4.79 Å². The number of fused-ring (bicyclic) bond motifs is 1. The Morgan fingerprint density at radius 2 is 1.96 bits per heavy atom. The summed E-state index contributed by atoms with van der Waals surface area (Å²) in [4.78, 5) is 24.3. The second-order valence-corrected chi connectivity index (χ2v) is 6.64. The average molecular weight is 332 g/mol. The van der Waals surface area contributed by atoms with Gasteiger partial charge in [0.25, 0.3) is 5.91 Å². The van der Waals surface area contributed by atoms with Crippen LogP contribution < -0.4 is 5.32 Å². The molecule has 0 aliphatic carbocycles. The average Bonchev–Trinajstić information content (AvgIpc) is 3.08. The largest absolute Gasteiger partial charge is 0.358 e. The predicted octanol–water partition coefficient (Wildman–Crippen LogP) is 3.55. The van der Waals surface area contributed by atoms with Gasteiger partial charge < -0.3 is 10.3 Å². The van der Waals surface area contributed by atoms with Gasteiger partial charge in [-0.1, -0.05) is 13.8 Å². The van der Waals surface area contributed by atoms with E-state index in [-0.39, 0.29) is 5.91 Å². The van der Waals surface area contributed by atoms with Gasteiger partial charge in [-0.3, -0.25) is 14.8 Å². The topological polar surface area (TPSA) is 70.7 Å². The van der Waals surface area contributed by atoms with Gasteiger partial charge in [0.05, 0.1) is 11.3 Å². The van der Waals surface area contributed by atoms with Crippen LogP contribution in [0.25, 0.3) is 22.5 Å². The van der Waals surface area contributed by atoms with E-state index in [2.05, 4.69) is 40.2 Å². The number of hydrogen-bond donors (Lipinski definition) is 2. The third kappa shape index (κ3) is 2.93. The second-order valence-electron chi connectivity index (χ2n) is 6.64. The summed E-state index contributed by atoms with van der Waals surface area (Å²) in [5.41, 5.74) is 6.63. The summed E-state index contributed by atoms with van der Waals surface area (Å²) in [6.45, 7) is 4.94. The van der Waals surface area contributed by atoms with Crippen LogP contribution in [-0.2, 0) is 6.42 Å². The maximum atomic E-state index is 12.0. The highest BCUT2D eigenvalue weighted by atomic mass is 16.1. The molecule has 0 aromatic carbocycles. The van der Waals surface area contributed by atoms with E-state index in [1.54, 1.807) is 6.20 Å². The molecule has 0 atom stereocenters. The molecule has 1 aliphatic rings. The molecule has 5 nitrogen and oxygen atoms in total. The highest BCUT2D eigenvalue weighted by molar-refractivity contribution is 5.97. The number of hydrogen-bond acceptors (Lipinski definition) is 3. The number of amides is 1. The van der Waals surface area contributed by atoms with Crippen LogP contribution >= 0.6 is 0 Å². The molecule has 0 saturated carbocycles. The molecule has 3 aromatic rings. The molecule has 4 rings (SSSR count). The van der Waals surface area contributed by atoms with Crippen molar-refractivity contribution in [2.24, 2.45) is 0 Å². The van der Waals surface area contributed by atoms with Crippen molar-refractivity contribution in [1.82, 2.24) is 20.3 Å². The predicted molar refractivity (Wildman–Crippen MR) is 97.4 cm³/mol. The molecule has 25 heavy (non-hydrogen) atoms. The first kappa shape index (κ1) is 15.6. The Balaban J connectivity index is 1.69. The lowest BCUT2D eigenvalue weighted by Gasteiger charge is -2.11. The van der Waals surface area contributed by atoms with Crippen molar-refractivity contribution in [2.75, 3.05) is 6.54 Å². The molecule has 0 saturated heterocycles. The number of aromatic amines is 1. The van der Waals surface area contributed by atoms with Crippen LogP contribution in [-0.4, -0.2) is 27.4 Å². The van der Waals surface area contributed by atoms with Gasteiger partial charge in [0.2, 0.25) is 0 Å². The number of nitrogens with zero attached hydrogens (tertiary/aromatic N) is 2. The smallest absolute Gasteiger partial charge is 0.253 e. The lowest BCUT2D eigenvalue weighted by Crippen LogP contribution is -2.31. The van der Waals surface area contributed by atoms with Gasteiger partial charge in [-0.25, -0.2) is 0 Å². The van der Waals surface area contributed by atoms with Crippen molar-refractivity contribution in [2.45, 2.75) is 26.2 Å². The van der Waals surface area contributed by atoms with Gasteiger partial charge in [0.15, 0.2) is 0 Å². The fraction of sp³-hybridized carbons (Fsp3) is 0.250. The zero-order valence-electron chi connectivity index (χ0n) is 14.3. The summed E-state index contributed by atoms with van der Waals surface area (Å²) in [6, 6.07) is 10.0. The monoisotopic (exact) mass is 332 g/mol. The number of carbonyl (C=O) groups is 1. The Morgan fingerprint density at radius 3 is 2.68 bits per heavy atom. The molecule has 5 heteroatoms. The molecule has 0 spiro atoms. The molecule has 0 unspecified atom stereocenters. The van der Waals surface area contributed by atoms with Gasteiger partial charge in [-0.05, 0) is 36.2 Å². The minimum atomic E-state index is -0.00787. The second kappa shape index (κ2) is 6.16. The quantitative estimate of drug-likeness (QED) is 0.770. The Morgan fingerprint density at radius 1 is 1.08 bits per heavy atom. The Labute approximate surface area is 146 Å². The Hall–Kier alpha value is -2.95. The first-order valence-corrected chi connectivity index (χ1v) is 8.54. The van der Waals surface area contributed by atoms with Gasteiger partial charge in [0.1, 0.15) is 0 Å². The number of carbonyl (C=O) groups excluding carboxylic acids is 1. The lowest BCUT2D eigenvalue weighted by atomic mass is 10.1.